The summed E-state index contributed by atoms with van der Waals surface area (Å²) < 4.78 is 6.50. The minimum atomic E-state index is -0.411. The lowest BCUT2D eigenvalue weighted by atomic mass is 10.1. The quantitative estimate of drug-likeness (QED) is 0.643. The van der Waals surface area contributed by atoms with E-state index in [1.165, 1.54) is 16.3 Å². The number of hydrogen-bond acceptors (Lipinski definition) is 7. The maximum Gasteiger partial charge on any atom is 0.319 e. The van der Waals surface area contributed by atoms with Gasteiger partial charge in [0.15, 0.2) is 0 Å². The minimum absolute atomic E-state index is 0.0604. The van der Waals surface area contributed by atoms with Crippen LogP contribution in [0.3, 0.4) is 0 Å². The molecule has 2 rings (SSSR count). The fraction of sp³-hybridized carbons (Fsp3) is 0.583. The van der Waals surface area contributed by atoms with Gasteiger partial charge in [-0.25, -0.2) is 0 Å². The standard InChI is InChI=1S/C12H17N5O3S/c1-5-20-10(19)8(6(2)3)21-12-15-14-11-13-9(18)7(4)16-17(11)12/h6,8H,5H2,1-4H3,(H,13,14,18)/t8-/m0/s1. The van der Waals surface area contributed by atoms with Crippen LogP contribution in [-0.2, 0) is 9.53 Å². The Morgan fingerprint density at radius 1 is 1.43 bits per heavy atom. The Bertz CT molecular complexity index is 708. The van der Waals surface area contributed by atoms with Crippen LogP contribution in [0.25, 0.3) is 5.78 Å². The van der Waals surface area contributed by atoms with Crippen molar-refractivity contribution in [3.63, 3.8) is 0 Å². The number of aromatic amines is 1. The molecule has 0 aliphatic heterocycles. The SMILES string of the molecule is CCOC(=O)[C@@H](Sc1nnc2[nH]c(=O)c(C)nn12)C(C)C. The van der Waals surface area contributed by atoms with E-state index in [9.17, 15) is 9.59 Å². The number of rotatable bonds is 5. The predicted octanol–water partition coefficient (Wildman–Crippen LogP) is 0.801. The van der Waals surface area contributed by atoms with Gasteiger partial charge in [0, 0.05) is 0 Å². The van der Waals surface area contributed by atoms with Gasteiger partial charge in [0.1, 0.15) is 10.9 Å². The molecule has 0 bridgehead atoms. The molecule has 21 heavy (non-hydrogen) atoms. The first-order valence-corrected chi connectivity index (χ1v) is 7.47. The average molecular weight is 311 g/mol. The molecule has 0 saturated heterocycles. The van der Waals surface area contributed by atoms with Gasteiger partial charge in [0.2, 0.25) is 5.16 Å². The number of carbonyl (C=O) groups is 1. The van der Waals surface area contributed by atoms with Gasteiger partial charge in [-0.1, -0.05) is 25.6 Å². The number of nitrogens with zero attached hydrogens (tertiary/aromatic N) is 4. The third kappa shape index (κ3) is 3.23. The van der Waals surface area contributed by atoms with Crippen molar-refractivity contribution >= 4 is 23.5 Å². The zero-order valence-electron chi connectivity index (χ0n) is 12.3. The maximum atomic E-state index is 12.0. The van der Waals surface area contributed by atoms with Crippen molar-refractivity contribution in [3.8, 4) is 0 Å². The van der Waals surface area contributed by atoms with E-state index in [-0.39, 0.29) is 23.2 Å². The summed E-state index contributed by atoms with van der Waals surface area (Å²) in [5.41, 5.74) is -0.00126. The molecule has 2 heterocycles. The third-order valence-corrected chi connectivity index (χ3v) is 4.23. The highest BCUT2D eigenvalue weighted by atomic mass is 32.2. The molecule has 8 nitrogen and oxygen atoms in total. The van der Waals surface area contributed by atoms with Crippen molar-refractivity contribution in [2.24, 2.45) is 5.92 Å². The number of thioether (sulfide) groups is 1. The molecule has 2 aromatic rings. The third-order valence-electron chi connectivity index (χ3n) is 2.77. The number of H-pyrrole nitrogens is 1. The first-order chi connectivity index (χ1) is 9.93. The summed E-state index contributed by atoms with van der Waals surface area (Å²) in [4.78, 5) is 26.1. The highest BCUT2D eigenvalue weighted by Crippen LogP contribution is 2.27. The number of aryl methyl sites for hydroxylation is 1. The summed E-state index contributed by atoms with van der Waals surface area (Å²) in [6.45, 7) is 7.55. The highest BCUT2D eigenvalue weighted by Gasteiger charge is 2.27. The van der Waals surface area contributed by atoms with Crippen LogP contribution in [0.15, 0.2) is 9.95 Å². The molecule has 0 fully saturated rings. The lowest BCUT2D eigenvalue weighted by Crippen LogP contribution is -2.26. The lowest BCUT2D eigenvalue weighted by Gasteiger charge is -2.17. The van der Waals surface area contributed by atoms with Gasteiger partial charge in [-0.15, -0.1) is 10.2 Å². The van der Waals surface area contributed by atoms with Gasteiger partial charge in [-0.3, -0.25) is 14.6 Å². The second-order valence-electron chi connectivity index (χ2n) is 4.79. The van der Waals surface area contributed by atoms with E-state index in [1.807, 2.05) is 13.8 Å². The summed E-state index contributed by atoms with van der Waals surface area (Å²) in [6.07, 6.45) is 0. The molecule has 114 valence electrons. The van der Waals surface area contributed by atoms with Gasteiger partial charge in [-0.05, 0) is 19.8 Å². The number of ether oxygens (including phenoxy) is 1. The van der Waals surface area contributed by atoms with E-state index in [0.29, 0.717) is 17.5 Å². The summed E-state index contributed by atoms with van der Waals surface area (Å²) >= 11 is 1.23. The van der Waals surface area contributed by atoms with Gasteiger partial charge >= 0.3 is 5.97 Å². The Balaban J connectivity index is 2.35. The normalized spacial score (nSPS) is 12.8. The van der Waals surface area contributed by atoms with Gasteiger partial charge < -0.3 is 4.74 Å². The Labute approximate surface area is 125 Å². The van der Waals surface area contributed by atoms with Crippen molar-refractivity contribution in [1.29, 1.82) is 0 Å². The van der Waals surface area contributed by atoms with Crippen LogP contribution < -0.4 is 5.56 Å². The van der Waals surface area contributed by atoms with Crippen molar-refractivity contribution in [2.45, 2.75) is 38.1 Å². The van der Waals surface area contributed by atoms with Crippen LogP contribution in [0.2, 0.25) is 0 Å². The molecule has 2 aromatic heterocycles. The molecule has 0 amide bonds. The Morgan fingerprint density at radius 3 is 2.76 bits per heavy atom. The van der Waals surface area contributed by atoms with Crippen molar-refractivity contribution in [1.82, 2.24) is 24.8 Å². The van der Waals surface area contributed by atoms with Gasteiger partial charge in [0.25, 0.3) is 11.3 Å². The van der Waals surface area contributed by atoms with Crippen LogP contribution in [0, 0.1) is 12.8 Å². The fourth-order valence-electron chi connectivity index (χ4n) is 1.69. The summed E-state index contributed by atoms with van der Waals surface area (Å²) in [6, 6.07) is 0. The zero-order valence-corrected chi connectivity index (χ0v) is 13.1. The number of carbonyl (C=O) groups excluding carboxylic acids is 1. The van der Waals surface area contributed by atoms with E-state index < -0.39 is 5.25 Å². The van der Waals surface area contributed by atoms with Crippen molar-refractivity contribution in [2.75, 3.05) is 6.61 Å². The van der Waals surface area contributed by atoms with E-state index in [1.54, 1.807) is 13.8 Å². The van der Waals surface area contributed by atoms with Gasteiger partial charge in [-0.2, -0.15) is 9.61 Å². The molecule has 0 radical (unpaired) electrons. The molecule has 1 N–H and O–H groups in total. The maximum absolute atomic E-state index is 12.0. The molecular formula is C12H17N5O3S. The summed E-state index contributed by atoms with van der Waals surface area (Å²) in [5.74, 6) is 0.0140. The monoisotopic (exact) mass is 311 g/mol. The predicted molar refractivity (Wildman–Crippen MR) is 77.3 cm³/mol. The molecule has 0 spiro atoms. The van der Waals surface area contributed by atoms with Crippen molar-refractivity contribution in [3.05, 3.63) is 16.0 Å². The number of fused-ring (bicyclic) bond motifs is 1. The molecule has 0 aliphatic carbocycles. The summed E-state index contributed by atoms with van der Waals surface area (Å²) in [5, 5.41) is 12.0. The average Bonchev–Trinajstić information content (AvgIpc) is 2.78. The fourth-order valence-corrected chi connectivity index (χ4v) is 2.67. The zero-order chi connectivity index (χ0) is 15.6. The van der Waals surface area contributed by atoms with Gasteiger partial charge in [0.05, 0.1) is 6.61 Å². The molecule has 0 unspecified atom stereocenters. The van der Waals surface area contributed by atoms with Crippen LogP contribution in [0.4, 0.5) is 0 Å². The number of aromatic nitrogens is 5. The molecule has 0 saturated carbocycles. The smallest absolute Gasteiger partial charge is 0.319 e. The largest absolute Gasteiger partial charge is 0.465 e. The van der Waals surface area contributed by atoms with Crippen LogP contribution >= 0.6 is 11.8 Å². The van der Waals surface area contributed by atoms with E-state index in [0.717, 1.165) is 0 Å². The minimum Gasteiger partial charge on any atom is -0.465 e. The Hall–Kier alpha value is -1.90. The summed E-state index contributed by atoms with van der Waals surface area (Å²) in [7, 11) is 0. The van der Waals surface area contributed by atoms with Crippen LogP contribution in [-0.4, -0.2) is 42.6 Å². The topological polar surface area (TPSA) is 102 Å². The molecule has 1 atom stereocenters. The van der Waals surface area contributed by atoms with E-state index in [2.05, 4.69) is 20.3 Å². The first kappa shape index (κ1) is 15.5. The van der Waals surface area contributed by atoms with Crippen LogP contribution in [0.5, 0.6) is 0 Å². The molecule has 0 aromatic carbocycles. The lowest BCUT2D eigenvalue weighted by molar-refractivity contribution is -0.143. The van der Waals surface area contributed by atoms with Crippen molar-refractivity contribution < 1.29 is 9.53 Å². The Morgan fingerprint density at radius 2 is 2.14 bits per heavy atom. The first-order valence-electron chi connectivity index (χ1n) is 6.59. The number of hydrogen-bond donors (Lipinski definition) is 1. The molecule has 9 heteroatoms. The number of esters is 1. The van der Waals surface area contributed by atoms with Crippen LogP contribution in [0.1, 0.15) is 26.5 Å². The second-order valence-corrected chi connectivity index (χ2v) is 5.90. The Kier molecular flexibility index (Phi) is 4.61. The molecule has 0 aliphatic rings. The van der Waals surface area contributed by atoms with E-state index in [4.69, 9.17) is 4.74 Å². The highest BCUT2D eigenvalue weighted by molar-refractivity contribution is 8.00. The molecular weight excluding hydrogens is 294 g/mol. The van der Waals surface area contributed by atoms with E-state index >= 15 is 0 Å². The second kappa shape index (κ2) is 6.25. The number of nitrogens with one attached hydrogen (secondary N) is 1.